The van der Waals surface area contributed by atoms with Crippen molar-refractivity contribution < 1.29 is 32.3 Å². The molecule has 0 spiro atoms. The summed E-state index contributed by atoms with van der Waals surface area (Å²) in [6.45, 7) is -0.988. The van der Waals surface area contributed by atoms with Gasteiger partial charge in [0.25, 0.3) is 5.91 Å². The summed E-state index contributed by atoms with van der Waals surface area (Å²) in [6.07, 6.45) is -5.89. The van der Waals surface area contributed by atoms with Gasteiger partial charge in [0.2, 0.25) is 5.91 Å². The highest BCUT2D eigenvalue weighted by atomic mass is 35.5. The molecule has 2 amide bonds. The summed E-state index contributed by atoms with van der Waals surface area (Å²) in [6, 6.07) is 6.97. The van der Waals surface area contributed by atoms with E-state index >= 15 is 0 Å². The molecule has 11 heteroatoms. The Kier molecular flexibility index (Phi) is 6.23. The first-order chi connectivity index (χ1) is 14.1. The SMILES string of the molecule is O=C1CC(C(F)(F)F)N(C(=O)COC(=O)c2cc(Cl)cc(Cl)c2)c2ccccc2N1. The summed E-state index contributed by atoms with van der Waals surface area (Å²) in [7, 11) is 0. The number of anilines is 2. The van der Waals surface area contributed by atoms with Gasteiger partial charge in [-0.15, -0.1) is 0 Å². The van der Waals surface area contributed by atoms with Gasteiger partial charge in [0.1, 0.15) is 6.04 Å². The van der Waals surface area contributed by atoms with Gasteiger partial charge in [-0.2, -0.15) is 13.2 Å². The van der Waals surface area contributed by atoms with Crippen molar-refractivity contribution >= 4 is 52.4 Å². The molecule has 1 atom stereocenters. The number of carbonyl (C=O) groups excluding carboxylic acids is 3. The number of nitrogens with one attached hydrogen (secondary N) is 1. The highest BCUT2D eigenvalue weighted by Crippen LogP contribution is 2.37. The van der Waals surface area contributed by atoms with Crippen molar-refractivity contribution in [1.82, 2.24) is 0 Å². The molecule has 0 fully saturated rings. The van der Waals surface area contributed by atoms with Gasteiger partial charge in [-0.1, -0.05) is 35.3 Å². The van der Waals surface area contributed by atoms with Crippen LogP contribution in [0.15, 0.2) is 42.5 Å². The highest BCUT2D eigenvalue weighted by molar-refractivity contribution is 6.35. The van der Waals surface area contributed by atoms with Gasteiger partial charge in [-0.25, -0.2) is 4.79 Å². The Bertz CT molecular complexity index is 993. The zero-order valence-corrected chi connectivity index (χ0v) is 16.5. The van der Waals surface area contributed by atoms with Crippen molar-refractivity contribution in [2.24, 2.45) is 0 Å². The largest absolute Gasteiger partial charge is 0.452 e. The third-order valence-corrected chi connectivity index (χ3v) is 4.64. The Labute approximate surface area is 178 Å². The van der Waals surface area contributed by atoms with Gasteiger partial charge in [0, 0.05) is 10.0 Å². The lowest BCUT2D eigenvalue weighted by Gasteiger charge is -2.31. The second kappa shape index (κ2) is 8.53. The van der Waals surface area contributed by atoms with Crippen LogP contribution in [0.2, 0.25) is 10.0 Å². The molecule has 0 saturated carbocycles. The minimum absolute atomic E-state index is 0.0375. The monoisotopic (exact) mass is 460 g/mol. The van der Waals surface area contributed by atoms with Crippen molar-refractivity contribution in [2.45, 2.75) is 18.6 Å². The number of rotatable bonds is 3. The Morgan fingerprint density at radius 1 is 1.13 bits per heavy atom. The third-order valence-electron chi connectivity index (χ3n) is 4.20. The summed E-state index contributed by atoms with van der Waals surface area (Å²) in [5, 5.41) is 2.63. The van der Waals surface area contributed by atoms with Crippen LogP contribution in [-0.2, 0) is 14.3 Å². The Morgan fingerprint density at radius 2 is 1.77 bits per heavy atom. The smallest absolute Gasteiger partial charge is 0.409 e. The molecule has 0 aromatic heterocycles. The van der Waals surface area contributed by atoms with E-state index in [2.05, 4.69) is 5.32 Å². The first kappa shape index (κ1) is 21.9. The van der Waals surface area contributed by atoms with Gasteiger partial charge in [0.15, 0.2) is 6.61 Å². The Morgan fingerprint density at radius 3 is 2.40 bits per heavy atom. The molecule has 0 bridgehead atoms. The fraction of sp³-hybridized carbons (Fsp3) is 0.211. The number of esters is 1. The predicted octanol–water partition coefficient (Wildman–Crippen LogP) is 4.46. The van der Waals surface area contributed by atoms with Crippen LogP contribution >= 0.6 is 23.2 Å². The fourth-order valence-corrected chi connectivity index (χ4v) is 3.47. The summed E-state index contributed by atoms with van der Waals surface area (Å²) < 4.78 is 45.8. The topological polar surface area (TPSA) is 75.7 Å². The maximum Gasteiger partial charge on any atom is 0.409 e. The van der Waals surface area contributed by atoms with E-state index < -0.39 is 43.0 Å². The van der Waals surface area contributed by atoms with E-state index in [9.17, 15) is 27.6 Å². The van der Waals surface area contributed by atoms with Crippen LogP contribution in [0.5, 0.6) is 0 Å². The molecule has 30 heavy (non-hydrogen) atoms. The second-order valence-corrected chi connectivity index (χ2v) is 7.20. The molecule has 158 valence electrons. The number of carbonyl (C=O) groups is 3. The van der Waals surface area contributed by atoms with Crippen LogP contribution in [0, 0.1) is 0 Å². The number of alkyl halides is 3. The first-order valence-corrected chi connectivity index (χ1v) is 9.22. The third kappa shape index (κ3) is 4.85. The van der Waals surface area contributed by atoms with E-state index in [1.165, 1.54) is 42.5 Å². The zero-order chi connectivity index (χ0) is 22.1. The number of halogens is 5. The lowest BCUT2D eigenvalue weighted by atomic mass is 10.1. The highest BCUT2D eigenvalue weighted by Gasteiger charge is 2.49. The molecular formula is C19H13Cl2F3N2O4. The molecule has 1 N–H and O–H groups in total. The number of hydrogen-bond donors (Lipinski definition) is 1. The average Bonchev–Trinajstić information content (AvgIpc) is 2.80. The maximum atomic E-state index is 13.6. The number of amides is 2. The van der Waals surface area contributed by atoms with Crippen molar-refractivity contribution in [2.75, 3.05) is 16.8 Å². The molecule has 6 nitrogen and oxygen atoms in total. The van der Waals surface area contributed by atoms with E-state index in [0.29, 0.717) is 4.90 Å². The lowest BCUT2D eigenvalue weighted by Crippen LogP contribution is -2.51. The molecule has 2 aromatic rings. The number of hydrogen-bond acceptors (Lipinski definition) is 4. The quantitative estimate of drug-likeness (QED) is 0.686. The zero-order valence-electron chi connectivity index (χ0n) is 15.0. The molecule has 1 heterocycles. The minimum Gasteiger partial charge on any atom is -0.452 e. The van der Waals surface area contributed by atoms with E-state index in [0.717, 1.165) is 0 Å². The van der Waals surface area contributed by atoms with Gasteiger partial charge in [-0.3, -0.25) is 14.5 Å². The van der Waals surface area contributed by atoms with Gasteiger partial charge < -0.3 is 10.1 Å². The molecule has 0 aliphatic carbocycles. The van der Waals surface area contributed by atoms with E-state index in [1.807, 2.05) is 0 Å². The average molecular weight is 461 g/mol. The molecule has 1 aliphatic rings. The summed E-state index contributed by atoms with van der Waals surface area (Å²) in [5.41, 5.74) is -0.186. The first-order valence-electron chi connectivity index (χ1n) is 8.47. The maximum absolute atomic E-state index is 13.6. The summed E-state index contributed by atoms with van der Waals surface area (Å²) in [4.78, 5) is 37.2. The van der Waals surface area contributed by atoms with E-state index in [1.54, 1.807) is 0 Å². The number of nitrogens with zero attached hydrogens (tertiary/aromatic N) is 1. The van der Waals surface area contributed by atoms with Crippen LogP contribution in [-0.4, -0.2) is 36.6 Å². The number of fused-ring (bicyclic) bond motifs is 1. The van der Waals surface area contributed by atoms with Gasteiger partial charge in [0.05, 0.1) is 23.4 Å². The normalized spacial score (nSPS) is 16.4. The fourth-order valence-electron chi connectivity index (χ4n) is 2.95. The standard InChI is InChI=1S/C19H13Cl2F3N2O4/c20-11-5-10(6-12(21)7-11)18(29)30-9-17(28)26-14-4-2-1-3-13(14)25-16(27)8-15(26)19(22,23)24/h1-7,15H,8-9H2,(H,25,27). The van der Waals surface area contributed by atoms with Crippen LogP contribution in [0.4, 0.5) is 24.5 Å². The molecule has 1 aliphatic heterocycles. The van der Waals surface area contributed by atoms with Crippen LogP contribution in [0.3, 0.4) is 0 Å². The summed E-state index contributed by atoms with van der Waals surface area (Å²) in [5.74, 6) is -3.04. The molecule has 2 aromatic carbocycles. The van der Waals surface area contributed by atoms with Crippen molar-refractivity contribution in [3.05, 3.63) is 58.1 Å². The molecule has 0 radical (unpaired) electrons. The molecule has 1 unspecified atom stereocenters. The lowest BCUT2D eigenvalue weighted by molar-refractivity contribution is -0.158. The molecule has 0 saturated heterocycles. The van der Waals surface area contributed by atoms with Crippen LogP contribution < -0.4 is 10.2 Å². The number of ether oxygens (including phenoxy) is 1. The number of benzene rings is 2. The van der Waals surface area contributed by atoms with Crippen molar-refractivity contribution in [1.29, 1.82) is 0 Å². The Balaban J connectivity index is 1.87. The van der Waals surface area contributed by atoms with Gasteiger partial charge >= 0.3 is 12.1 Å². The molecule has 3 rings (SSSR count). The van der Waals surface area contributed by atoms with Crippen molar-refractivity contribution in [3.63, 3.8) is 0 Å². The number of para-hydroxylation sites is 2. The van der Waals surface area contributed by atoms with E-state index in [4.69, 9.17) is 27.9 Å². The van der Waals surface area contributed by atoms with Crippen molar-refractivity contribution in [3.8, 4) is 0 Å². The Hall–Kier alpha value is -2.78. The van der Waals surface area contributed by atoms with Crippen LogP contribution in [0.25, 0.3) is 0 Å². The van der Waals surface area contributed by atoms with E-state index in [-0.39, 0.29) is 27.0 Å². The second-order valence-electron chi connectivity index (χ2n) is 6.32. The molecular weight excluding hydrogens is 448 g/mol. The summed E-state index contributed by atoms with van der Waals surface area (Å²) >= 11 is 11.6. The predicted molar refractivity (Wildman–Crippen MR) is 104 cm³/mol. The van der Waals surface area contributed by atoms with Gasteiger partial charge in [-0.05, 0) is 30.3 Å². The minimum atomic E-state index is -4.89. The van der Waals surface area contributed by atoms with Crippen LogP contribution in [0.1, 0.15) is 16.8 Å².